The molecule has 33 heavy (non-hydrogen) atoms. The maximum atomic E-state index is 12.7. The van der Waals surface area contributed by atoms with Crippen molar-refractivity contribution in [2.75, 3.05) is 18.5 Å². The zero-order chi connectivity index (χ0) is 23.4. The molecule has 8 nitrogen and oxygen atoms in total. The lowest BCUT2D eigenvalue weighted by Crippen LogP contribution is -2.37. The number of benzene rings is 1. The molecule has 0 radical (unpaired) electrons. The van der Waals surface area contributed by atoms with Crippen LogP contribution in [0.5, 0.6) is 0 Å². The molecule has 1 aromatic heterocycles. The second-order valence-corrected chi connectivity index (χ2v) is 8.88. The Bertz CT molecular complexity index is 1060. The summed E-state index contributed by atoms with van der Waals surface area (Å²) in [6.45, 7) is 5.82. The molecule has 1 aromatic carbocycles. The minimum absolute atomic E-state index is 0.0102. The van der Waals surface area contributed by atoms with Crippen molar-refractivity contribution < 1.29 is 14.3 Å². The van der Waals surface area contributed by atoms with Crippen LogP contribution in [0.4, 0.5) is 10.5 Å². The number of pyridine rings is 1. The molecule has 1 N–H and O–H groups in total. The predicted octanol–water partition coefficient (Wildman–Crippen LogP) is 3.96. The van der Waals surface area contributed by atoms with Crippen molar-refractivity contribution in [3.8, 4) is 0 Å². The number of nitrogens with zero attached hydrogens (tertiary/aromatic N) is 4. The molecule has 1 atom stereocenters. The molecule has 2 aliphatic heterocycles. The zero-order valence-corrected chi connectivity index (χ0v) is 19.6. The van der Waals surface area contributed by atoms with Gasteiger partial charge >= 0.3 is 6.03 Å². The number of aromatic nitrogens is 1. The van der Waals surface area contributed by atoms with Crippen molar-refractivity contribution >= 4 is 40.6 Å². The second kappa shape index (κ2) is 10.1. The standard InChI is InChI=1S/C24H27N5O3S/c1-16-12-22(30)29(10-3-11-32-17(2)33)27-23(16)18-4-6-21(7-5-18)26-24(31)28-14-19-8-9-25-13-20(19)15-28/h4-9,13,16H,3,10-12,14-15H2,1-2H3,(H,26,31). The van der Waals surface area contributed by atoms with E-state index >= 15 is 0 Å². The minimum Gasteiger partial charge on any atom is -0.487 e. The van der Waals surface area contributed by atoms with Crippen molar-refractivity contribution in [3.63, 3.8) is 0 Å². The average Bonchev–Trinajstić information content (AvgIpc) is 3.23. The third-order valence-corrected chi connectivity index (χ3v) is 5.85. The van der Waals surface area contributed by atoms with Crippen molar-refractivity contribution in [1.82, 2.24) is 14.9 Å². The maximum absolute atomic E-state index is 12.7. The number of carbonyl (C=O) groups excluding carboxylic acids is 2. The molecular formula is C24H27N5O3S. The van der Waals surface area contributed by atoms with Crippen LogP contribution < -0.4 is 5.32 Å². The number of urea groups is 1. The van der Waals surface area contributed by atoms with Gasteiger partial charge in [-0.15, -0.1) is 0 Å². The fourth-order valence-corrected chi connectivity index (χ4v) is 4.07. The minimum atomic E-state index is -0.145. The SMILES string of the molecule is CC(=S)OCCCN1N=C(c2ccc(NC(=O)N3Cc4ccncc4C3)cc2)C(C)CC1=O. The highest BCUT2D eigenvalue weighted by Gasteiger charge is 2.27. The second-order valence-electron chi connectivity index (χ2n) is 8.31. The van der Waals surface area contributed by atoms with Crippen molar-refractivity contribution in [3.05, 3.63) is 59.4 Å². The molecule has 0 saturated carbocycles. The Hall–Kier alpha value is -3.33. The molecule has 3 heterocycles. The lowest BCUT2D eigenvalue weighted by atomic mass is 9.93. The Morgan fingerprint density at radius 2 is 1.97 bits per heavy atom. The van der Waals surface area contributed by atoms with Crippen LogP contribution in [0.25, 0.3) is 0 Å². The highest BCUT2D eigenvalue weighted by Crippen LogP contribution is 2.24. The fourth-order valence-electron chi connectivity index (χ4n) is 3.99. The van der Waals surface area contributed by atoms with Crippen molar-refractivity contribution in [2.24, 2.45) is 11.0 Å². The lowest BCUT2D eigenvalue weighted by Gasteiger charge is -2.27. The third kappa shape index (κ3) is 5.54. The molecule has 9 heteroatoms. The summed E-state index contributed by atoms with van der Waals surface area (Å²) in [6.07, 6.45) is 4.63. The first-order chi connectivity index (χ1) is 15.9. The first-order valence-corrected chi connectivity index (χ1v) is 11.4. The van der Waals surface area contributed by atoms with E-state index in [1.165, 1.54) is 5.01 Å². The van der Waals surface area contributed by atoms with Gasteiger partial charge in [-0.3, -0.25) is 9.78 Å². The lowest BCUT2D eigenvalue weighted by molar-refractivity contribution is -0.132. The highest BCUT2D eigenvalue weighted by molar-refractivity contribution is 7.80. The third-order valence-electron chi connectivity index (χ3n) is 5.73. The van der Waals surface area contributed by atoms with Gasteiger partial charge in [0.05, 0.1) is 12.3 Å². The van der Waals surface area contributed by atoms with E-state index in [1.54, 1.807) is 18.0 Å². The largest absolute Gasteiger partial charge is 0.487 e. The number of fused-ring (bicyclic) bond motifs is 1. The molecular weight excluding hydrogens is 438 g/mol. The number of ether oxygens (including phenoxy) is 1. The predicted molar refractivity (Wildman–Crippen MR) is 130 cm³/mol. The molecule has 4 rings (SSSR count). The van der Waals surface area contributed by atoms with Crippen LogP contribution in [0.3, 0.4) is 0 Å². The summed E-state index contributed by atoms with van der Waals surface area (Å²) in [4.78, 5) is 30.9. The average molecular weight is 466 g/mol. The van der Waals surface area contributed by atoms with Crippen molar-refractivity contribution in [1.29, 1.82) is 0 Å². The van der Waals surface area contributed by atoms with Crippen LogP contribution in [-0.4, -0.2) is 50.7 Å². The molecule has 0 saturated heterocycles. The van der Waals surface area contributed by atoms with Crippen LogP contribution in [0.15, 0.2) is 47.8 Å². The van der Waals surface area contributed by atoms with Crippen LogP contribution in [0.1, 0.15) is 43.4 Å². The van der Waals surface area contributed by atoms with Gasteiger partial charge in [0.1, 0.15) is 0 Å². The molecule has 3 amide bonds. The molecule has 0 fully saturated rings. The summed E-state index contributed by atoms with van der Waals surface area (Å²) in [5, 5.41) is 9.59. The summed E-state index contributed by atoms with van der Waals surface area (Å²) in [7, 11) is 0. The van der Waals surface area contributed by atoms with E-state index in [9.17, 15) is 9.59 Å². The van der Waals surface area contributed by atoms with Crippen LogP contribution >= 0.6 is 12.2 Å². The number of hydrogen-bond acceptors (Lipinski definition) is 6. The Kier molecular flexibility index (Phi) is 6.98. The Labute approximate surface area is 198 Å². The number of hydrogen-bond donors (Lipinski definition) is 1. The highest BCUT2D eigenvalue weighted by atomic mass is 32.1. The molecule has 0 aliphatic carbocycles. The molecule has 0 bridgehead atoms. The van der Waals surface area contributed by atoms with Gasteiger partial charge in [0.15, 0.2) is 5.05 Å². The first kappa shape index (κ1) is 22.8. The quantitative estimate of drug-likeness (QED) is 0.516. The molecule has 2 aliphatic rings. The van der Waals surface area contributed by atoms with E-state index in [-0.39, 0.29) is 17.9 Å². The van der Waals surface area contributed by atoms with Gasteiger partial charge in [0.2, 0.25) is 5.91 Å². The van der Waals surface area contributed by atoms with Gasteiger partial charge in [-0.1, -0.05) is 19.1 Å². The summed E-state index contributed by atoms with van der Waals surface area (Å²) in [5.41, 5.74) is 4.71. The van der Waals surface area contributed by atoms with E-state index in [2.05, 4.69) is 15.4 Å². The first-order valence-electron chi connectivity index (χ1n) is 11.0. The number of anilines is 1. The summed E-state index contributed by atoms with van der Waals surface area (Å²) >= 11 is 4.91. The number of thiocarbonyl (C=S) groups is 1. The number of nitrogens with one attached hydrogen (secondary N) is 1. The number of rotatable bonds is 6. The topological polar surface area (TPSA) is 87.1 Å². The number of carbonyl (C=O) groups is 2. The molecule has 1 unspecified atom stereocenters. The Morgan fingerprint density at radius 3 is 2.70 bits per heavy atom. The summed E-state index contributed by atoms with van der Waals surface area (Å²) in [5.74, 6) is 0.0291. The van der Waals surface area contributed by atoms with Gasteiger partial charge in [-0.2, -0.15) is 5.10 Å². The number of amides is 3. The number of hydrazone groups is 1. The van der Waals surface area contributed by atoms with Gasteiger partial charge in [0.25, 0.3) is 0 Å². The fraction of sp³-hybridized carbons (Fsp3) is 0.375. The normalized spacial score (nSPS) is 17.5. The smallest absolute Gasteiger partial charge is 0.322 e. The van der Waals surface area contributed by atoms with E-state index in [0.717, 1.165) is 22.4 Å². The monoisotopic (exact) mass is 465 g/mol. The van der Waals surface area contributed by atoms with Gasteiger partial charge in [0, 0.05) is 63.4 Å². The van der Waals surface area contributed by atoms with E-state index in [1.807, 2.05) is 43.5 Å². The Balaban J connectivity index is 1.38. The maximum Gasteiger partial charge on any atom is 0.322 e. The van der Waals surface area contributed by atoms with E-state index in [0.29, 0.717) is 49.8 Å². The van der Waals surface area contributed by atoms with Crippen LogP contribution in [0, 0.1) is 5.92 Å². The van der Waals surface area contributed by atoms with E-state index < -0.39 is 0 Å². The molecule has 0 spiro atoms. The summed E-state index contributed by atoms with van der Waals surface area (Å²) < 4.78 is 5.30. The zero-order valence-electron chi connectivity index (χ0n) is 18.8. The molecule has 2 aromatic rings. The summed E-state index contributed by atoms with van der Waals surface area (Å²) in [6, 6.07) is 9.39. The van der Waals surface area contributed by atoms with Crippen LogP contribution in [-0.2, 0) is 22.6 Å². The van der Waals surface area contributed by atoms with Gasteiger partial charge in [-0.05, 0) is 47.1 Å². The Morgan fingerprint density at radius 1 is 1.21 bits per heavy atom. The van der Waals surface area contributed by atoms with Gasteiger partial charge in [-0.25, -0.2) is 9.80 Å². The van der Waals surface area contributed by atoms with E-state index in [4.69, 9.17) is 17.0 Å². The molecule has 172 valence electrons. The van der Waals surface area contributed by atoms with Gasteiger partial charge < -0.3 is 15.0 Å². The van der Waals surface area contributed by atoms with Crippen LogP contribution in [0.2, 0.25) is 0 Å². The van der Waals surface area contributed by atoms with Crippen molar-refractivity contribution in [2.45, 2.75) is 39.8 Å².